The van der Waals surface area contributed by atoms with Crippen LogP contribution in [0.3, 0.4) is 0 Å². The Morgan fingerprint density at radius 1 is 1.15 bits per heavy atom. The fourth-order valence-electron chi connectivity index (χ4n) is 4.58. The highest BCUT2D eigenvalue weighted by molar-refractivity contribution is 6.13. The van der Waals surface area contributed by atoms with Gasteiger partial charge in [0, 0.05) is 35.6 Å². The van der Waals surface area contributed by atoms with Crippen molar-refractivity contribution in [3.05, 3.63) is 94.9 Å². The highest BCUT2D eigenvalue weighted by atomic mass is 19.3. The van der Waals surface area contributed by atoms with Crippen LogP contribution in [-0.4, -0.2) is 44.8 Å². The van der Waals surface area contributed by atoms with Crippen molar-refractivity contribution in [2.45, 2.75) is 25.4 Å². The number of carbonyl (C=O) groups is 2. The van der Waals surface area contributed by atoms with Gasteiger partial charge in [-0.05, 0) is 49.4 Å². The number of nitriles is 1. The minimum Gasteiger partial charge on any atom is -0.507 e. The Kier molecular flexibility index (Phi) is 6.64. The van der Waals surface area contributed by atoms with Gasteiger partial charge in [-0.3, -0.25) is 14.3 Å². The summed E-state index contributed by atoms with van der Waals surface area (Å²) in [6.45, 7) is 2.11. The number of fused-ring (bicyclic) bond motifs is 1. The summed E-state index contributed by atoms with van der Waals surface area (Å²) in [5.41, 5.74) is 0.254. The number of halogens is 2. The van der Waals surface area contributed by atoms with Gasteiger partial charge in [0.1, 0.15) is 23.3 Å². The van der Waals surface area contributed by atoms with Crippen LogP contribution in [0, 0.1) is 11.3 Å². The monoisotopic (exact) mass is 543 g/mol. The van der Waals surface area contributed by atoms with Crippen molar-refractivity contribution >= 4 is 29.0 Å². The summed E-state index contributed by atoms with van der Waals surface area (Å²) < 4.78 is 32.0. The highest BCUT2D eigenvalue weighted by Gasteiger charge is 2.37. The maximum atomic E-state index is 15.3. The summed E-state index contributed by atoms with van der Waals surface area (Å²) in [5.74, 6) is -4.30. The molecule has 12 heteroatoms. The van der Waals surface area contributed by atoms with E-state index in [1.54, 1.807) is 20.0 Å². The van der Waals surface area contributed by atoms with E-state index in [4.69, 9.17) is 5.26 Å². The number of hydrogen-bond acceptors (Lipinski definition) is 7. The lowest BCUT2D eigenvalue weighted by atomic mass is 10.00. The van der Waals surface area contributed by atoms with Crippen molar-refractivity contribution in [1.82, 2.24) is 14.8 Å². The molecular formula is C28H23F2N7O3. The molecule has 2 amide bonds. The summed E-state index contributed by atoms with van der Waals surface area (Å²) >= 11 is 0. The van der Waals surface area contributed by atoms with Gasteiger partial charge in [-0.2, -0.15) is 19.1 Å². The summed E-state index contributed by atoms with van der Waals surface area (Å²) in [4.78, 5) is 31.9. The molecule has 0 bridgehead atoms. The van der Waals surface area contributed by atoms with E-state index in [0.29, 0.717) is 18.1 Å². The van der Waals surface area contributed by atoms with Gasteiger partial charge in [-0.15, -0.1) is 0 Å². The van der Waals surface area contributed by atoms with Crippen molar-refractivity contribution in [2.24, 2.45) is 0 Å². The lowest BCUT2D eigenvalue weighted by Crippen LogP contribution is -2.47. The fourth-order valence-corrected chi connectivity index (χ4v) is 4.58. The number of nitrogens with zero attached hydrogens (tertiary/aromatic N) is 5. The van der Waals surface area contributed by atoms with Gasteiger partial charge in [0.05, 0.1) is 30.0 Å². The number of carbonyl (C=O) groups excluding carboxylic acids is 2. The predicted octanol–water partition coefficient (Wildman–Crippen LogP) is 4.34. The second-order valence-corrected chi connectivity index (χ2v) is 9.21. The first-order valence-corrected chi connectivity index (χ1v) is 12.2. The van der Waals surface area contributed by atoms with Crippen LogP contribution in [0.2, 0.25) is 0 Å². The van der Waals surface area contributed by atoms with Gasteiger partial charge in [-0.1, -0.05) is 12.1 Å². The standard InChI is InChI=1S/C28H23F2N7O3/c1-16-15-36-25(22(14-34-36)35-26(39)17-3-8-23(38)18(11-17)13-31)27(40)37(16)21-6-4-19(5-7-21)28(29,30)20-9-10-33-24(12-20)32-2/h3-12,14,16,38H,15H2,1-2H3,(H,32,33)(H,35,39)/t16-/m0/s1. The summed E-state index contributed by atoms with van der Waals surface area (Å²) in [5, 5.41) is 28.4. The largest absolute Gasteiger partial charge is 0.507 e. The molecule has 1 atom stereocenters. The Hall–Kier alpha value is -5.31. The molecule has 1 aliphatic rings. The van der Waals surface area contributed by atoms with Gasteiger partial charge < -0.3 is 20.6 Å². The van der Waals surface area contributed by atoms with Crippen LogP contribution in [0.25, 0.3) is 0 Å². The van der Waals surface area contributed by atoms with Crippen molar-refractivity contribution in [1.29, 1.82) is 5.26 Å². The van der Waals surface area contributed by atoms with Gasteiger partial charge in [0.2, 0.25) is 0 Å². The van der Waals surface area contributed by atoms with E-state index in [2.05, 4.69) is 20.7 Å². The third-order valence-corrected chi connectivity index (χ3v) is 6.65. The van der Waals surface area contributed by atoms with E-state index in [-0.39, 0.29) is 45.4 Å². The number of hydrogen-bond donors (Lipinski definition) is 3. The van der Waals surface area contributed by atoms with E-state index >= 15 is 8.78 Å². The molecule has 0 saturated heterocycles. The Morgan fingerprint density at radius 3 is 2.60 bits per heavy atom. The second-order valence-electron chi connectivity index (χ2n) is 9.21. The van der Waals surface area contributed by atoms with Gasteiger partial charge in [0.25, 0.3) is 17.7 Å². The average Bonchev–Trinajstić information content (AvgIpc) is 3.35. The van der Waals surface area contributed by atoms with Crippen LogP contribution in [0.5, 0.6) is 5.75 Å². The molecule has 2 aromatic carbocycles. The van der Waals surface area contributed by atoms with E-state index in [1.807, 2.05) is 0 Å². The van der Waals surface area contributed by atoms with Crippen molar-refractivity contribution in [3.8, 4) is 11.8 Å². The molecule has 10 nitrogen and oxygen atoms in total. The number of nitrogens with one attached hydrogen (secondary N) is 2. The Morgan fingerprint density at radius 2 is 1.90 bits per heavy atom. The van der Waals surface area contributed by atoms with Gasteiger partial charge in [-0.25, -0.2) is 4.98 Å². The fraction of sp³-hybridized carbons (Fsp3) is 0.179. The number of alkyl halides is 2. The van der Waals surface area contributed by atoms with Crippen LogP contribution in [-0.2, 0) is 12.5 Å². The maximum Gasteiger partial charge on any atom is 0.298 e. The molecule has 0 saturated carbocycles. The van der Waals surface area contributed by atoms with Crippen molar-refractivity contribution in [2.75, 3.05) is 22.6 Å². The molecule has 5 rings (SSSR count). The van der Waals surface area contributed by atoms with Crippen LogP contribution in [0.1, 0.15) is 44.5 Å². The molecule has 3 heterocycles. The first kappa shape index (κ1) is 26.3. The number of aromatic hydroxyl groups is 1. The topological polar surface area (TPSA) is 136 Å². The molecule has 2 aromatic heterocycles. The zero-order valence-corrected chi connectivity index (χ0v) is 21.4. The van der Waals surface area contributed by atoms with Gasteiger partial charge in [0.15, 0.2) is 0 Å². The third kappa shape index (κ3) is 4.58. The Labute approximate surface area is 227 Å². The normalized spacial score (nSPS) is 14.8. The number of rotatable bonds is 6. The van der Waals surface area contributed by atoms with Crippen LogP contribution >= 0.6 is 0 Å². The number of amides is 2. The van der Waals surface area contributed by atoms with Crippen LogP contribution in [0.15, 0.2) is 67.0 Å². The molecule has 3 N–H and O–H groups in total. The van der Waals surface area contributed by atoms with Crippen molar-refractivity contribution < 1.29 is 23.5 Å². The lowest BCUT2D eigenvalue weighted by molar-refractivity contribution is 0.0428. The van der Waals surface area contributed by atoms with Crippen molar-refractivity contribution in [3.63, 3.8) is 0 Å². The SMILES string of the molecule is CNc1cc(C(F)(F)c2ccc(N3C(=O)c4c(NC(=O)c5ccc(O)c(C#N)c5)cnn4C[C@@H]3C)cc2)ccn1. The summed E-state index contributed by atoms with van der Waals surface area (Å²) in [6, 6.07) is 13.3. The van der Waals surface area contributed by atoms with E-state index in [1.165, 1.54) is 76.6 Å². The molecule has 0 aliphatic carbocycles. The number of phenols is 1. The molecule has 0 fully saturated rings. The van der Waals surface area contributed by atoms with E-state index < -0.39 is 17.7 Å². The van der Waals surface area contributed by atoms with Crippen LogP contribution in [0.4, 0.5) is 26.0 Å². The number of anilines is 3. The minimum atomic E-state index is -3.29. The van der Waals surface area contributed by atoms with E-state index in [0.717, 1.165) is 0 Å². The highest BCUT2D eigenvalue weighted by Crippen LogP contribution is 2.38. The first-order chi connectivity index (χ1) is 19.1. The minimum absolute atomic E-state index is 0.0683. The molecule has 0 radical (unpaired) electrons. The molecule has 0 spiro atoms. The summed E-state index contributed by atoms with van der Waals surface area (Å²) in [6.07, 6.45) is 2.66. The zero-order valence-electron chi connectivity index (χ0n) is 21.4. The summed E-state index contributed by atoms with van der Waals surface area (Å²) in [7, 11) is 1.59. The molecule has 0 unspecified atom stereocenters. The molecule has 202 valence electrons. The maximum absolute atomic E-state index is 15.3. The number of benzene rings is 2. The quantitative estimate of drug-likeness (QED) is 0.329. The Balaban J connectivity index is 1.40. The van der Waals surface area contributed by atoms with E-state index in [9.17, 15) is 14.7 Å². The zero-order chi connectivity index (χ0) is 28.6. The lowest BCUT2D eigenvalue weighted by Gasteiger charge is -2.34. The first-order valence-electron chi connectivity index (χ1n) is 12.2. The van der Waals surface area contributed by atoms with Crippen LogP contribution < -0.4 is 15.5 Å². The number of aromatic nitrogens is 3. The molecule has 40 heavy (non-hydrogen) atoms. The smallest absolute Gasteiger partial charge is 0.298 e. The molecule has 4 aromatic rings. The third-order valence-electron chi connectivity index (χ3n) is 6.65. The second kappa shape index (κ2) is 10.1. The Bertz CT molecular complexity index is 1660. The number of pyridine rings is 1. The predicted molar refractivity (Wildman–Crippen MR) is 142 cm³/mol. The van der Waals surface area contributed by atoms with Gasteiger partial charge >= 0.3 is 0 Å². The average molecular weight is 544 g/mol. The number of phenolic OH excluding ortho intramolecular Hbond substituents is 1. The molecular weight excluding hydrogens is 520 g/mol. The molecule has 1 aliphatic heterocycles.